The van der Waals surface area contributed by atoms with Crippen molar-refractivity contribution in [3.05, 3.63) is 0 Å². The second-order valence-corrected chi connectivity index (χ2v) is 6.63. The Hall–Kier alpha value is -0.220. The summed E-state index contributed by atoms with van der Waals surface area (Å²) in [5, 5.41) is 7.13. The molecule has 1 aliphatic rings. The number of amides is 1. The zero-order valence-electron chi connectivity index (χ0n) is 12.0. The number of hydrogen-bond donors (Lipinski definition) is 2. The highest BCUT2D eigenvalue weighted by atomic mass is 32.2. The Balaban J connectivity index is 2.15. The van der Waals surface area contributed by atoms with E-state index in [0.717, 1.165) is 25.8 Å². The van der Waals surface area contributed by atoms with Crippen LogP contribution in [0.1, 0.15) is 52.4 Å². The highest BCUT2D eigenvalue weighted by Crippen LogP contribution is 2.17. The van der Waals surface area contributed by atoms with Gasteiger partial charge < -0.3 is 10.6 Å². The smallest absolute Gasteiger partial charge is 0.237 e. The Morgan fingerprint density at radius 3 is 2.56 bits per heavy atom. The molecule has 2 atom stereocenters. The third kappa shape index (κ3) is 6.10. The zero-order valence-corrected chi connectivity index (χ0v) is 12.8. The highest BCUT2D eigenvalue weighted by Gasteiger charge is 2.19. The molecule has 0 aromatic rings. The second-order valence-electron chi connectivity index (χ2n) is 5.35. The molecule has 0 heterocycles. The Morgan fingerprint density at radius 2 is 1.94 bits per heavy atom. The van der Waals surface area contributed by atoms with Crippen LogP contribution in [0.5, 0.6) is 0 Å². The SMILES string of the molecule is CSC(C)CCNC(C)C(=O)NC1CCCCC1. The molecule has 4 heteroatoms. The highest BCUT2D eigenvalue weighted by molar-refractivity contribution is 7.99. The molecule has 0 bridgehead atoms. The molecule has 3 nitrogen and oxygen atoms in total. The average molecular weight is 272 g/mol. The van der Waals surface area contributed by atoms with Gasteiger partial charge in [-0.15, -0.1) is 0 Å². The first-order valence-electron chi connectivity index (χ1n) is 7.20. The van der Waals surface area contributed by atoms with Crippen LogP contribution in [-0.4, -0.2) is 36.0 Å². The molecule has 0 radical (unpaired) electrons. The summed E-state index contributed by atoms with van der Waals surface area (Å²) in [7, 11) is 0. The van der Waals surface area contributed by atoms with Crippen LogP contribution in [-0.2, 0) is 4.79 Å². The van der Waals surface area contributed by atoms with E-state index in [2.05, 4.69) is 23.8 Å². The van der Waals surface area contributed by atoms with Crippen molar-refractivity contribution in [2.45, 2.75) is 69.7 Å². The lowest BCUT2D eigenvalue weighted by atomic mass is 9.95. The first kappa shape index (κ1) is 15.8. The lowest BCUT2D eigenvalue weighted by Gasteiger charge is -2.25. The maximum absolute atomic E-state index is 12.0. The van der Waals surface area contributed by atoms with E-state index in [0.29, 0.717) is 11.3 Å². The molecule has 1 fully saturated rings. The van der Waals surface area contributed by atoms with Crippen molar-refractivity contribution in [2.75, 3.05) is 12.8 Å². The van der Waals surface area contributed by atoms with Crippen molar-refractivity contribution < 1.29 is 4.79 Å². The summed E-state index contributed by atoms with van der Waals surface area (Å²) in [5.74, 6) is 0.165. The molecule has 1 aliphatic carbocycles. The van der Waals surface area contributed by atoms with Crippen LogP contribution in [0.3, 0.4) is 0 Å². The average Bonchev–Trinajstić information content (AvgIpc) is 2.39. The minimum atomic E-state index is -0.0685. The van der Waals surface area contributed by atoms with Crippen molar-refractivity contribution >= 4 is 17.7 Å². The van der Waals surface area contributed by atoms with Crippen LogP contribution in [0.4, 0.5) is 0 Å². The van der Waals surface area contributed by atoms with Gasteiger partial charge in [0.2, 0.25) is 5.91 Å². The molecule has 1 saturated carbocycles. The van der Waals surface area contributed by atoms with Crippen molar-refractivity contribution in [2.24, 2.45) is 0 Å². The predicted molar refractivity (Wildman–Crippen MR) is 80.1 cm³/mol. The van der Waals surface area contributed by atoms with Crippen molar-refractivity contribution in [3.8, 4) is 0 Å². The summed E-state index contributed by atoms with van der Waals surface area (Å²) in [4.78, 5) is 12.0. The van der Waals surface area contributed by atoms with Gasteiger partial charge in [0, 0.05) is 11.3 Å². The summed E-state index contributed by atoms with van der Waals surface area (Å²) in [6, 6.07) is 0.349. The minimum Gasteiger partial charge on any atom is -0.352 e. The van der Waals surface area contributed by atoms with Crippen LogP contribution in [0.2, 0.25) is 0 Å². The lowest BCUT2D eigenvalue weighted by Crippen LogP contribution is -2.47. The van der Waals surface area contributed by atoms with Crippen molar-refractivity contribution in [3.63, 3.8) is 0 Å². The summed E-state index contributed by atoms with van der Waals surface area (Å²) in [6.07, 6.45) is 9.40. The molecular formula is C14H28N2OS. The molecule has 2 N–H and O–H groups in total. The number of hydrogen-bond acceptors (Lipinski definition) is 3. The summed E-state index contributed by atoms with van der Waals surface area (Å²) >= 11 is 1.87. The van der Waals surface area contributed by atoms with Gasteiger partial charge in [0.05, 0.1) is 6.04 Å². The largest absolute Gasteiger partial charge is 0.352 e. The van der Waals surface area contributed by atoms with E-state index >= 15 is 0 Å². The van der Waals surface area contributed by atoms with Gasteiger partial charge in [-0.1, -0.05) is 26.2 Å². The van der Waals surface area contributed by atoms with Gasteiger partial charge in [-0.3, -0.25) is 4.79 Å². The molecule has 0 saturated heterocycles. The fourth-order valence-corrected chi connectivity index (χ4v) is 2.64. The monoisotopic (exact) mass is 272 g/mol. The Labute approximate surface area is 116 Å². The van der Waals surface area contributed by atoms with Crippen LogP contribution in [0, 0.1) is 0 Å². The van der Waals surface area contributed by atoms with Gasteiger partial charge in [-0.25, -0.2) is 0 Å². The first-order valence-corrected chi connectivity index (χ1v) is 8.49. The molecule has 0 aromatic heterocycles. The van der Waals surface area contributed by atoms with Gasteiger partial charge >= 0.3 is 0 Å². The van der Waals surface area contributed by atoms with E-state index in [-0.39, 0.29) is 11.9 Å². The van der Waals surface area contributed by atoms with E-state index in [1.807, 2.05) is 18.7 Å². The Bertz CT molecular complexity index is 242. The van der Waals surface area contributed by atoms with Crippen LogP contribution in [0.25, 0.3) is 0 Å². The summed E-state index contributed by atoms with van der Waals surface area (Å²) < 4.78 is 0. The number of rotatable bonds is 7. The molecule has 0 aromatic carbocycles. The van der Waals surface area contributed by atoms with E-state index in [9.17, 15) is 4.79 Å². The second kappa shape index (κ2) is 8.81. The molecule has 106 valence electrons. The van der Waals surface area contributed by atoms with Crippen LogP contribution < -0.4 is 10.6 Å². The Morgan fingerprint density at radius 1 is 1.28 bits per heavy atom. The fraction of sp³-hybridized carbons (Fsp3) is 0.929. The van der Waals surface area contributed by atoms with Gasteiger partial charge in [0.1, 0.15) is 0 Å². The quantitative estimate of drug-likeness (QED) is 0.748. The maximum Gasteiger partial charge on any atom is 0.237 e. The van der Waals surface area contributed by atoms with Gasteiger partial charge in [-0.05, 0) is 39.0 Å². The fourth-order valence-electron chi connectivity index (χ4n) is 2.29. The predicted octanol–water partition coefficient (Wildman–Crippen LogP) is 2.55. The molecule has 2 unspecified atom stereocenters. The molecule has 18 heavy (non-hydrogen) atoms. The third-order valence-electron chi connectivity index (χ3n) is 3.75. The number of nitrogens with one attached hydrogen (secondary N) is 2. The minimum absolute atomic E-state index is 0.0685. The van der Waals surface area contributed by atoms with Crippen molar-refractivity contribution in [1.82, 2.24) is 10.6 Å². The van der Waals surface area contributed by atoms with Gasteiger partial charge in [0.25, 0.3) is 0 Å². The molecule has 1 amide bonds. The standard InChI is InChI=1S/C14H28N2OS/c1-11(18-3)9-10-15-12(2)14(17)16-13-7-5-4-6-8-13/h11-13,15H,4-10H2,1-3H3,(H,16,17). The van der Waals surface area contributed by atoms with Crippen LogP contribution in [0.15, 0.2) is 0 Å². The molecule has 0 spiro atoms. The van der Waals surface area contributed by atoms with E-state index in [1.165, 1.54) is 19.3 Å². The lowest BCUT2D eigenvalue weighted by molar-refractivity contribution is -0.123. The van der Waals surface area contributed by atoms with E-state index in [1.54, 1.807) is 0 Å². The number of carbonyl (C=O) groups excluding carboxylic acids is 1. The summed E-state index contributed by atoms with van der Waals surface area (Å²) in [5.41, 5.74) is 0. The molecule has 0 aliphatic heterocycles. The number of carbonyl (C=O) groups is 1. The normalized spacial score (nSPS) is 20.4. The van der Waals surface area contributed by atoms with E-state index < -0.39 is 0 Å². The number of thioether (sulfide) groups is 1. The van der Waals surface area contributed by atoms with E-state index in [4.69, 9.17) is 0 Å². The summed E-state index contributed by atoms with van der Waals surface area (Å²) in [6.45, 7) is 5.10. The van der Waals surface area contributed by atoms with Crippen molar-refractivity contribution in [1.29, 1.82) is 0 Å². The topological polar surface area (TPSA) is 41.1 Å². The van der Waals surface area contributed by atoms with Gasteiger partial charge in [-0.2, -0.15) is 11.8 Å². The third-order valence-corrected chi connectivity index (χ3v) is 4.79. The first-order chi connectivity index (χ1) is 8.63. The molecule has 1 rings (SSSR count). The van der Waals surface area contributed by atoms with Gasteiger partial charge in [0.15, 0.2) is 0 Å². The Kier molecular flexibility index (Phi) is 7.75. The molecular weight excluding hydrogens is 244 g/mol. The maximum atomic E-state index is 12.0. The van der Waals surface area contributed by atoms with Crippen LogP contribution >= 0.6 is 11.8 Å². The zero-order chi connectivity index (χ0) is 13.4.